The second kappa shape index (κ2) is 11.4. The molecule has 2 aromatic heterocycles. The van der Waals surface area contributed by atoms with Gasteiger partial charge in [0, 0.05) is 50.1 Å². The maximum atomic E-state index is 15.5. The number of nitrogens with zero attached hydrogens (tertiary/aromatic N) is 5. The van der Waals surface area contributed by atoms with E-state index in [4.69, 9.17) is 15.2 Å². The summed E-state index contributed by atoms with van der Waals surface area (Å²) in [5.41, 5.74) is 11.3. The van der Waals surface area contributed by atoms with E-state index in [-0.39, 0.29) is 53.3 Å². The minimum atomic E-state index is -0.353. The summed E-state index contributed by atoms with van der Waals surface area (Å²) in [5.74, 6) is -0.272. The monoisotopic (exact) mass is 602 g/mol. The molecule has 6 rings (SSSR count). The number of hydrogen-bond donors (Lipinski definition) is 1. The highest BCUT2D eigenvalue weighted by Gasteiger charge is 2.41. The minimum Gasteiger partial charge on any atom is -0.485 e. The highest BCUT2D eigenvalue weighted by atomic mass is 19.1. The maximum absolute atomic E-state index is 15.5. The Hall–Kier alpha value is -4.25. The van der Waals surface area contributed by atoms with E-state index in [0.29, 0.717) is 56.0 Å². The fraction of sp³-hybridized carbons (Fsp3) is 0.455. The van der Waals surface area contributed by atoms with Gasteiger partial charge in [-0.25, -0.2) is 14.4 Å². The van der Waals surface area contributed by atoms with Gasteiger partial charge in [-0.3, -0.25) is 9.59 Å². The number of ether oxygens (including phenoxy) is 2. The molecule has 232 valence electrons. The SMILES string of the molecule is C=CC(=O)N1C[C@H](OC)C[C@H]1COc1c(N)ncnc1-c1ccc(CN2CCn3c4c(c(F)c3C2=O)CC(C)(C)C4)c(C)c1. The Labute approximate surface area is 256 Å². The van der Waals surface area contributed by atoms with Crippen LogP contribution in [0.1, 0.15) is 53.1 Å². The highest BCUT2D eigenvalue weighted by Crippen LogP contribution is 2.41. The number of nitrogen functional groups attached to an aromatic ring is 1. The van der Waals surface area contributed by atoms with Crippen molar-refractivity contribution < 1.29 is 23.5 Å². The van der Waals surface area contributed by atoms with Crippen LogP contribution in [0.25, 0.3) is 11.3 Å². The summed E-state index contributed by atoms with van der Waals surface area (Å²) in [7, 11) is 1.63. The summed E-state index contributed by atoms with van der Waals surface area (Å²) in [4.78, 5) is 37.9. The molecular formula is C33H39FN6O4. The van der Waals surface area contributed by atoms with Crippen LogP contribution in [0.2, 0.25) is 0 Å². The van der Waals surface area contributed by atoms with Crippen LogP contribution >= 0.6 is 0 Å². The van der Waals surface area contributed by atoms with Gasteiger partial charge in [0.2, 0.25) is 5.91 Å². The summed E-state index contributed by atoms with van der Waals surface area (Å²) in [5, 5.41) is 0. The van der Waals surface area contributed by atoms with Gasteiger partial charge >= 0.3 is 0 Å². The number of halogens is 1. The number of aromatic nitrogens is 3. The zero-order valence-corrected chi connectivity index (χ0v) is 25.7. The summed E-state index contributed by atoms with van der Waals surface area (Å²) in [6.07, 6.45) is 4.65. The van der Waals surface area contributed by atoms with Crippen LogP contribution in [0.15, 0.2) is 37.2 Å². The Morgan fingerprint density at radius 2 is 2.05 bits per heavy atom. The third-order valence-electron chi connectivity index (χ3n) is 9.20. The van der Waals surface area contributed by atoms with E-state index in [1.54, 1.807) is 16.9 Å². The molecule has 0 spiro atoms. The molecule has 0 saturated carbocycles. The fourth-order valence-corrected chi connectivity index (χ4v) is 6.87. The van der Waals surface area contributed by atoms with Crippen LogP contribution in [-0.4, -0.2) is 75.1 Å². The standard InChI is InChI=1S/C33H39FN6O4/c1-6-26(41)40-16-23(43-5)12-22(40)17-44-30-28(36-18-37-31(30)35)20-7-8-21(19(2)11-20)15-38-9-10-39-25-14-33(3,4)13-24(25)27(34)29(39)32(38)42/h6-8,11,18,22-23H,1,9-10,12-17H2,2-5H3,(H2,35,36,37)/t22-,23+/m0/s1. The molecule has 1 fully saturated rings. The van der Waals surface area contributed by atoms with Crippen molar-refractivity contribution in [3.05, 3.63) is 71.1 Å². The van der Waals surface area contributed by atoms with Crippen LogP contribution in [-0.2, 0) is 35.5 Å². The topological polar surface area (TPSA) is 116 Å². The van der Waals surface area contributed by atoms with Gasteiger partial charge in [-0.2, -0.15) is 0 Å². The van der Waals surface area contributed by atoms with E-state index < -0.39 is 0 Å². The average Bonchev–Trinajstić information content (AvgIpc) is 3.64. The van der Waals surface area contributed by atoms with Crippen molar-refractivity contribution in [1.82, 2.24) is 24.3 Å². The van der Waals surface area contributed by atoms with Gasteiger partial charge in [-0.05, 0) is 54.9 Å². The lowest BCUT2D eigenvalue weighted by Gasteiger charge is -2.30. The van der Waals surface area contributed by atoms with Gasteiger partial charge < -0.3 is 29.6 Å². The lowest BCUT2D eigenvalue weighted by atomic mass is 9.90. The smallest absolute Gasteiger partial charge is 0.273 e. The zero-order chi connectivity index (χ0) is 31.3. The molecule has 11 heteroatoms. The van der Waals surface area contributed by atoms with E-state index in [0.717, 1.165) is 28.8 Å². The molecule has 44 heavy (non-hydrogen) atoms. The van der Waals surface area contributed by atoms with E-state index in [1.807, 2.05) is 29.7 Å². The summed E-state index contributed by atoms with van der Waals surface area (Å²) < 4.78 is 29.0. The molecule has 3 aliphatic rings. The minimum absolute atomic E-state index is 0.0142. The highest BCUT2D eigenvalue weighted by molar-refractivity contribution is 5.94. The van der Waals surface area contributed by atoms with Crippen LogP contribution in [0.3, 0.4) is 0 Å². The number of aryl methyl sites for hydroxylation is 1. The lowest BCUT2D eigenvalue weighted by Crippen LogP contribution is -2.40. The summed E-state index contributed by atoms with van der Waals surface area (Å²) >= 11 is 0. The number of carbonyl (C=O) groups is 2. The summed E-state index contributed by atoms with van der Waals surface area (Å²) in [6.45, 7) is 12.0. The molecule has 1 aromatic carbocycles. The molecule has 0 bridgehead atoms. The lowest BCUT2D eigenvalue weighted by molar-refractivity contribution is -0.127. The molecule has 2 N–H and O–H groups in total. The number of methoxy groups -OCH3 is 1. The second-order valence-electron chi connectivity index (χ2n) is 12.8. The van der Waals surface area contributed by atoms with Gasteiger partial charge in [0.25, 0.3) is 5.91 Å². The van der Waals surface area contributed by atoms with Crippen molar-refractivity contribution in [2.75, 3.05) is 32.5 Å². The van der Waals surface area contributed by atoms with Gasteiger partial charge in [-0.15, -0.1) is 0 Å². The van der Waals surface area contributed by atoms with Crippen molar-refractivity contribution in [3.63, 3.8) is 0 Å². The van der Waals surface area contributed by atoms with Gasteiger partial charge in [0.1, 0.15) is 24.3 Å². The van der Waals surface area contributed by atoms with Crippen LogP contribution in [0.5, 0.6) is 5.75 Å². The number of benzene rings is 1. The Morgan fingerprint density at radius 3 is 2.77 bits per heavy atom. The first-order chi connectivity index (χ1) is 21.0. The molecule has 0 unspecified atom stereocenters. The van der Waals surface area contributed by atoms with E-state index >= 15 is 4.39 Å². The molecule has 2 aliphatic heterocycles. The van der Waals surface area contributed by atoms with Crippen molar-refractivity contribution in [2.45, 2.75) is 65.3 Å². The van der Waals surface area contributed by atoms with E-state index in [9.17, 15) is 9.59 Å². The third kappa shape index (κ3) is 5.23. The van der Waals surface area contributed by atoms with Crippen molar-refractivity contribution in [2.24, 2.45) is 5.41 Å². The maximum Gasteiger partial charge on any atom is 0.273 e. The number of carbonyl (C=O) groups excluding carboxylic acids is 2. The molecule has 4 heterocycles. The Kier molecular flexibility index (Phi) is 7.69. The van der Waals surface area contributed by atoms with Crippen LogP contribution < -0.4 is 10.5 Å². The first-order valence-electron chi connectivity index (χ1n) is 15.0. The first kappa shape index (κ1) is 29.8. The predicted molar refractivity (Wildman–Crippen MR) is 164 cm³/mol. The first-order valence-corrected chi connectivity index (χ1v) is 15.0. The number of nitrogens with two attached hydrogens (primary N) is 1. The Bertz CT molecular complexity index is 1650. The van der Waals surface area contributed by atoms with Crippen molar-refractivity contribution >= 4 is 17.6 Å². The number of likely N-dealkylation sites (tertiary alicyclic amines) is 1. The van der Waals surface area contributed by atoms with Crippen LogP contribution in [0, 0.1) is 18.2 Å². The Balaban J connectivity index is 1.19. The van der Waals surface area contributed by atoms with E-state index in [1.165, 1.54) is 12.4 Å². The van der Waals surface area contributed by atoms with Crippen molar-refractivity contribution in [1.29, 1.82) is 0 Å². The number of fused-ring (bicyclic) bond motifs is 3. The quantitative estimate of drug-likeness (QED) is 0.389. The number of amides is 2. The fourth-order valence-electron chi connectivity index (χ4n) is 6.87. The van der Waals surface area contributed by atoms with Crippen molar-refractivity contribution in [3.8, 4) is 17.0 Å². The molecule has 1 aliphatic carbocycles. The zero-order valence-electron chi connectivity index (χ0n) is 25.7. The molecular weight excluding hydrogens is 563 g/mol. The summed E-state index contributed by atoms with van der Waals surface area (Å²) in [6, 6.07) is 5.62. The number of anilines is 1. The molecule has 0 radical (unpaired) electrons. The van der Waals surface area contributed by atoms with Gasteiger partial charge in [-0.1, -0.05) is 32.6 Å². The van der Waals surface area contributed by atoms with Gasteiger partial charge in [0.15, 0.2) is 17.4 Å². The molecule has 2 atom stereocenters. The van der Waals surface area contributed by atoms with E-state index in [2.05, 4.69) is 30.4 Å². The number of hydrogen-bond acceptors (Lipinski definition) is 7. The third-order valence-corrected chi connectivity index (χ3v) is 9.20. The predicted octanol–water partition coefficient (Wildman–Crippen LogP) is 3.94. The number of rotatable bonds is 8. The van der Waals surface area contributed by atoms with Crippen LogP contribution in [0.4, 0.5) is 10.2 Å². The molecule has 1 saturated heterocycles. The second-order valence-corrected chi connectivity index (χ2v) is 12.8. The molecule has 3 aromatic rings. The molecule has 2 amide bonds. The molecule has 10 nitrogen and oxygen atoms in total. The Morgan fingerprint density at radius 1 is 1.25 bits per heavy atom. The largest absolute Gasteiger partial charge is 0.485 e. The van der Waals surface area contributed by atoms with Gasteiger partial charge in [0.05, 0.1) is 12.1 Å². The average molecular weight is 603 g/mol. The normalized spacial score (nSPS) is 20.5.